The first-order valence-electron chi connectivity index (χ1n) is 8.17. The zero-order valence-electron chi connectivity index (χ0n) is 15.5. The SMILES string of the molecule is CC(C)(C)OC(=O)Nc1cccc(/N=N/c2cc(C(=O)O)cc(C(=O)O)c2)c1. The number of hydrogen-bond donors (Lipinski definition) is 3. The van der Waals surface area contributed by atoms with Crippen LogP contribution in [-0.4, -0.2) is 33.8 Å². The highest BCUT2D eigenvalue weighted by atomic mass is 16.6. The van der Waals surface area contributed by atoms with Crippen LogP contribution in [-0.2, 0) is 4.74 Å². The van der Waals surface area contributed by atoms with Crippen molar-refractivity contribution in [2.75, 3.05) is 5.32 Å². The standard InChI is InChI=1S/C19H19N3O6/c1-19(2,3)28-18(27)20-13-5-4-6-14(10-13)21-22-15-8-11(16(23)24)7-12(9-15)17(25)26/h4-10H,1-3H3,(H,20,27)(H,23,24)(H,25,26)/b22-21+. The van der Waals surface area contributed by atoms with Gasteiger partial charge in [0.15, 0.2) is 0 Å². The average molecular weight is 385 g/mol. The predicted molar refractivity (Wildman–Crippen MR) is 101 cm³/mol. The van der Waals surface area contributed by atoms with Crippen molar-refractivity contribution in [1.82, 2.24) is 0 Å². The molecule has 0 aliphatic carbocycles. The van der Waals surface area contributed by atoms with Crippen molar-refractivity contribution >= 4 is 35.1 Å². The second-order valence-electron chi connectivity index (χ2n) is 6.76. The van der Waals surface area contributed by atoms with Crippen molar-refractivity contribution in [3.63, 3.8) is 0 Å². The van der Waals surface area contributed by atoms with Crippen LogP contribution >= 0.6 is 0 Å². The van der Waals surface area contributed by atoms with Gasteiger partial charge in [0.05, 0.1) is 22.5 Å². The highest BCUT2D eigenvalue weighted by Gasteiger charge is 2.16. The number of carbonyl (C=O) groups is 3. The first-order chi connectivity index (χ1) is 13.0. The van der Waals surface area contributed by atoms with Crippen LogP contribution in [0.2, 0.25) is 0 Å². The molecule has 0 saturated carbocycles. The van der Waals surface area contributed by atoms with Crippen molar-refractivity contribution in [3.8, 4) is 0 Å². The van der Waals surface area contributed by atoms with E-state index < -0.39 is 23.6 Å². The molecule has 0 fully saturated rings. The monoisotopic (exact) mass is 385 g/mol. The van der Waals surface area contributed by atoms with E-state index in [0.717, 1.165) is 6.07 Å². The first-order valence-corrected chi connectivity index (χ1v) is 8.17. The van der Waals surface area contributed by atoms with Crippen molar-refractivity contribution < 1.29 is 29.3 Å². The third kappa shape index (κ3) is 6.20. The number of carboxylic acid groups (broad SMARTS) is 2. The topological polar surface area (TPSA) is 138 Å². The number of ether oxygens (including phenoxy) is 1. The maximum absolute atomic E-state index is 11.8. The summed E-state index contributed by atoms with van der Waals surface area (Å²) in [5.41, 5.74) is -0.202. The van der Waals surface area contributed by atoms with E-state index in [1.807, 2.05) is 0 Å². The van der Waals surface area contributed by atoms with E-state index in [4.69, 9.17) is 14.9 Å². The van der Waals surface area contributed by atoms with Crippen molar-refractivity contribution in [2.24, 2.45) is 10.2 Å². The quantitative estimate of drug-likeness (QED) is 0.629. The summed E-state index contributed by atoms with van der Waals surface area (Å²) in [6, 6.07) is 9.88. The molecule has 0 heterocycles. The fraction of sp³-hybridized carbons (Fsp3) is 0.211. The number of nitrogens with zero attached hydrogens (tertiary/aromatic N) is 2. The lowest BCUT2D eigenvalue weighted by atomic mass is 10.1. The van der Waals surface area contributed by atoms with Gasteiger partial charge in [-0.05, 0) is 57.2 Å². The van der Waals surface area contributed by atoms with Crippen LogP contribution in [0.15, 0.2) is 52.7 Å². The number of nitrogens with one attached hydrogen (secondary N) is 1. The summed E-state index contributed by atoms with van der Waals surface area (Å²) in [5, 5.41) is 28.6. The average Bonchev–Trinajstić information content (AvgIpc) is 2.58. The third-order valence-electron chi connectivity index (χ3n) is 3.18. The molecule has 2 rings (SSSR count). The van der Waals surface area contributed by atoms with E-state index in [1.54, 1.807) is 39.0 Å². The molecule has 28 heavy (non-hydrogen) atoms. The van der Waals surface area contributed by atoms with Crippen LogP contribution in [0.25, 0.3) is 0 Å². The second-order valence-corrected chi connectivity index (χ2v) is 6.76. The Morgan fingerprint density at radius 3 is 2.00 bits per heavy atom. The molecule has 3 N–H and O–H groups in total. The van der Waals surface area contributed by atoms with Gasteiger partial charge in [-0.15, -0.1) is 0 Å². The Labute approximate surface area is 160 Å². The Kier molecular flexibility index (Phi) is 6.09. The number of benzene rings is 2. The number of rotatable bonds is 5. The number of amides is 1. The van der Waals surface area contributed by atoms with Crippen LogP contribution < -0.4 is 5.32 Å². The molecule has 0 radical (unpaired) electrons. The molecule has 0 aliphatic heterocycles. The number of carboxylic acids is 2. The molecule has 146 valence electrons. The van der Waals surface area contributed by atoms with Gasteiger partial charge < -0.3 is 14.9 Å². The lowest BCUT2D eigenvalue weighted by Crippen LogP contribution is -2.27. The molecular weight excluding hydrogens is 366 g/mol. The van der Waals surface area contributed by atoms with Gasteiger partial charge in [-0.1, -0.05) is 6.07 Å². The predicted octanol–water partition coefficient (Wildman–Crippen LogP) is 4.85. The third-order valence-corrected chi connectivity index (χ3v) is 3.18. The van der Waals surface area contributed by atoms with Gasteiger partial charge in [-0.2, -0.15) is 10.2 Å². The highest BCUT2D eigenvalue weighted by Crippen LogP contribution is 2.24. The Morgan fingerprint density at radius 2 is 1.46 bits per heavy atom. The lowest BCUT2D eigenvalue weighted by Gasteiger charge is -2.19. The summed E-state index contributed by atoms with van der Waals surface area (Å²) in [4.78, 5) is 34.1. The number of aromatic carboxylic acids is 2. The lowest BCUT2D eigenvalue weighted by molar-refractivity contribution is 0.0632. The minimum Gasteiger partial charge on any atom is -0.478 e. The van der Waals surface area contributed by atoms with Gasteiger partial charge in [-0.3, -0.25) is 5.32 Å². The van der Waals surface area contributed by atoms with E-state index in [-0.39, 0.29) is 16.8 Å². The van der Waals surface area contributed by atoms with Crippen LogP contribution in [0, 0.1) is 0 Å². The van der Waals surface area contributed by atoms with Gasteiger partial charge in [0.1, 0.15) is 5.60 Å². The van der Waals surface area contributed by atoms with Crippen LogP contribution in [0.4, 0.5) is 21.9 Å². The zero-order chi connectivity index (χ0) is 20.9. The minimum atomic E-state index is -1.27. The molecule has 2 aromatic carbocycles. The summed E-state index contributed by atoms with van der Waals surface area (Å²) < 4.78 is 5.17. The minimum absolute atomic E-state index is 0.0720. The van der Waals surface area contributed by atoms with Gasteiger partial charge in [-0.25, -0.2) is 14.4 Å². The van der Waals surface area contributed by atoms with Crippen molar-refractivity contribution in [3.05, 3.63) is 53.6 Å². The zero-order valence-corrected chi connectivity index (χ0v) is 15.5. The molecule has 2 aromatic rings. The summed E-state index contributed by atoms with van der Waals surface area (Å²) in [6.45, 7) is 5.23. The molecule has 9 nitrogen and oxygen atoms in total. The number of azo groups is 1. The number of carbonyl (C=O) groups excluding carboxylic acids is 1. The summed E-state index contributed by atoms with van der Waals surface area (Å²) >= 11 is 0. The first kappa shape index (κ1) is 20.6. The molecular formula is C19H19N3O6. The van der Waals surface area contributed by atoms with Gasteiger partial charge in [0, 0.05) is 5.69 Å². The summed E-state index contributed by atoms with van der Waals surface area (Å²) in [7, 11) is 0. The van der Waals surface area contributed by atoms with E-state index in [9.17, 15) is 14.4 Å². The van der Waals surface area contributed by atoms with Crippen molar-refractivity contribution in [2.45, 2.75) is 26.4 Å². The van der Waals surface area contributed by atoms with E-state index in [2.05, 4.69) is 15.5 Å². The molecule has 0 unspecified atom stereocenters. The van der Waals surface area contributed by atoms with Crippen LogP contribution in [0.5, 0.6) is 0 Å². The normalized spacial score (nSPS) is 11.2. The molecule has 0 atom stereocenters. The Balaban J connectivity index is 2.22. The van der Waals surface area contributed by atoms with E-state index in [1.165, 1.54) is 18.2 Å². The van der Waals surface area contributed by atoms with E-state index >= 15 is 0 Å². The van der Waals surface area contributed by atoms with Gasteiger partial charge >= 0.3 is 18.0 Å². The molecule has 0 aliphatic rings. The van der Waals surface area contributed by atoms with Gasteiger partial charge in [0.2, 0.25) is 0 Å². The fourth-order valence-electron chi connectivity index (χ4n) is 2.10. The Bertz CT molecular complexity index is 915. The number of hydrogen-bond acceptors (Lipinski definition) is 6. The largest absolute Gasteiger partial charge is 0.478 e. The van der Waals surface area contributed by atoms with Crippen molar-refractivity contribution in [1.29, 1.82) is 0 Å². The van der Waals surface area contributed by atoms with Crippen LogP contribution in [0.1, 0.15) is 41.5 Å². The molecule has 0 bridgehead atoms. The number of anilines is 1. The second kappa shape index (κ2) is 8.30. The summed E-state index contributed by atoms with van der Waals surface area (Å²) in [6.07, 6.45) is -0.623. The smallest absolute Gasteiger partial charge is 0.412 e. The van der Waals surface area contributed by atoms with E-state index in [0.29, 0.717) is 11.4 Å². The molecule has 9 heteroatoms. The molecule has 0 saturated heterocycles. The summed E-state index contributed by atoms with van der Waals surface area (Å²) in [5.74, 6) is -2.55. The molecule has 0 spiro atoms. The fourth-order valence-corrected chi connectivity index (χ4v) is 2.10. The Morgan fingerprint density at radius 1 is 0.893 bits per heavy atom. The molecule has 0 aromatic heterocycles. The Hall–Kier alpha value is -3.75. The van der Waals surface area contributed by atoms with Crippen LogP contribution in [0.3, 0.4) is 0 Å². The highest BCUT2D eigenvalue weighted by molar-refractivity contribution is 5.95. The maximum atomic E-state index is 11.8. The van der Waals surface area contributed by atoms with Gasteiger partial charge in [0.25, 0.3) is 0 Å². The molecule has 1 amide bonds. The maximum Gasteiger partial charge on any atom is 0.412 e.